The van der Waals surface area contributed by atoms with E-state index in [1.807, 2.05) is 18.9 Å². The molecule has 0 aromatic heterocycles. The molecule has 2 rings (SSSR count). The Labute approximate surface area is 150 Å². The molecule has 0 N–H and O–H groups in total. The quantitative estimate of drug-likeness (QED) is 0.464. The largest absolute Gasteiger partial charge is 0.366 e. The summed E-state index contributed by atoms with van der Waals surface area (Å²) < 4.78 is 13.1. The van der Waals surface area contributed by atoms with E-state index in [0.29, 0.717) is 27.2 Å². The van der Waals surface area contributed by atoms with Gasteiger partial charge in [-0.3, -0.25) is 0 Å². The number of benzene rings is 2. The second-order valence-corrected chi connectivity index (χ2v) is 6.35. The summed E-state index contributed by atoms with van der Waals surface area (Å²) in [6.45, 7) is 2.87. The number of hydrogen-bond acceptors (Lipinski definition) is 1. The highest BCUT2D eigenvalue weighted by Gasteiger charge is 2.10. The average Bonchev–Trinajstić information content (AvgIpc) is 2.51. The van der Waals surface area contributed by atoms with Crippen LogP contribution in [0.5, 0.6) is 0 Å². The molecule has 0 saturated heterocycles. The highest BCUT2D eigenvalue weighted by Crippen LogP contribution is 2.33. The first-order chi connectivity index (χ1) is 10.9. The van der Waals surface area contributed by atoms with E-state index in [9.17, 15) is 4.39 Å². The highest BCUT2D eigenvalue weighted by molar-refractivity contribution is 6.35. The number of nitrogens with zero attached hydrogens (tertiary/aromatic N) is 2. The van der Waals surface area contributed by atoms with Gasteiger partial charge in [-0.25, -0.2) is 9.38 Å². The number of rotatable bonds is 5. The molecular weight excluding hydrogens is 358 g/mol. The Morgan fingerprint density at radius 3 is 2.39 bits per heavy atom. The lowest BCUT2D eigenvalue weighted by Crippen LogP contribution is -2.14. The first-order valence-electron chi connectivity index (χ1n) is 7.07. The first kappa shape index (κ1) is 18.1. The summed E-state index contributed by atoms with van der Waals surface area (Å²) in [5.41, 5.74) is 2.20. The van der Waals surface area contributed by atoms with Crippen LogP contribution in [-0.4, -0.2) is 24.8 Å². The second kappa shape index (κ2) is 8.00. The molecule has 0 heterocycles. The van der Waals surface area contributed by atoms with Gasteiger partial charge in [-0.1, -0.05) is 40.9 Å². The van der Waals surface area contributed by atoms with Crippen LogP contribution in [0.15, 0.2) is 35.3 Å². The van der Waals surface area contributed by atoms with Gasteiger partial charge in [0.1, 0.15) is 5.82 Å². The molecule has 0 unspecified atom stereocenters. The van der Waals surface area contributed by atoms with Gasteiger partial charge in [0.25, 0.3) is 0 Å². The predicted molar refractivity (Wildman–Crippen MR) is 97.1 cm³/mol. The fourth-order valence-corrected chi connectivity index (χ4v) is 2.62. The van der Waals surface area contributed by atoms with Crippen molar-refractivity contribution < 1.29 is 4.39 Å². The summed E-state index contributed by atoms with van der Waals surface area (Å²) in [4.78, 5) is 6.25. The van der Waals surface area contributed by atoms with Crippen molar-refractivity contribution in [1.82, 2.24) is 4.90 Å². The molecule has 0 bridgehead atoms. The maximum absolute atomic E-state index is 13.1. The smallest absolute Gasteiger partial charge is 0.124 e. The van der Waals surface area contributed by atoms with Gasteiger partial charge in [0.15, 0.2) is 0 Å². The van der Waals surface area contributed by atoms with Crippen molar-refractivity contribution in [2.75, 3.05) is 13.6 Å². The molecule has 0 aliphatic rings. The van der Waals surface area contributed by atoms with E-state index in [1.165, 1.54) is 12.1 Å². The lowest BCUT2D eigenvalue weighted by Gasteiger charge is -2.11. The molecule has 23 heavy (non-hydrogen) atoms. The molecule has 0 aliphatic carbocycles. The Kier molecular flexibility index (Phi) is 6.28. The van der Waals surface area contributed by atoms with Crippen LogP contribution in [0.3, 0.4) is 0 Å². The van der Waals surface area contributed by atoms with Crippen LogP contribution < -0.4 is 0 Å². The fourth-order valence-electron chi connectivity index (χ4n) is 1.92. The standard InChI is InChI=1S/C17H16Cl3FN2/c1-3-23(2)10-22-17-9-15(19)12(7-16(17)20)6-11-4-5-13(21)8-14(11)18/h4-5,7-10H,3,6H2,1-2H3. The zero-order valence-electron chi connectivity index (χ0n) is 12.8. The van der Waals surface area contributed by atoms with Gasteiger partial charge in [-0.05, 0) is 42.3 Å². The second-order valence-electron chi connectivity index (χ2n) is 5.13. The molecule has 2 aromatic rings. The van der Waals surface area contributed by atoms with Crippen LogP contribution in [0.25, 0.3) is 0 Å². The third-order valence-corrected chi connectivity index (χ3v) is 4.41. The normalized spacial score (nSPS) is 11.2. The van der Waals surface area contributed by atoms with E-state index in [-0.39, 0.29) is 5.82 Å². The van der Waals surface area contributed by atoms with Gasteiger partial charge >= 0.3 is 0 Å². The van der Waals surface area contributed by atoms with Crippen LogP contribution in [0.2, 0.25) is 15.1 Å². The van der Waals surface area contributed by atoms with Gasteiger partial charge in [-0.15, -0.1) is 0 Å². The molecule has 6 heteroatoms. The maximum Gasteiger partial charge on any atom is 0.124 e. The van der Waals surface area contributed by atoms with E-state index in [4.69, 9.17) is 34.8 Å². The van der Waals surface area contributed by atoms with Gasteiger partial charge in [0.05, 0.1) is 17.0 Å². The zero-order chi connectivity index (χ0) is 17.0. The lowest BCUT2D eigenvalue weighted by molar-refractivity contribution is 0.552. The Morgan fingerprint density at radius 2 is 1.74 bits per heavy atom. The van der Waals surface area contributed by atoms with E-state index in [0.717, 1.165) is 17.7 Å². The van der Waals surface area contributed by atoms with Crippen LogP contribution >= 0.6 is 34.8 Å². The number of halogens is 4. The van der Waals surface area contributed by atoms with E-state index < -0.39 is 0 Å². The molecule has 0 spiro atoms. The molecule has 0 fully saturated rings. The molecule has 2 nitrogen and oxygen atoms in total. The lowest BCUT2D eigenvalue weighted by atomic mass is 10.0. The Bertz CT molecular complexity index is 732. The Hall–Kier alpha value is -1.29. The van der Waals surface area contributed by atoms with Gasteiger partial charge in [-0.2, -0.15) is 0 Å². The monoisotopic (exact) mass is 372 g/mol. The third-order valence-electron chi connectivity index (χ3n) is 3.40. The van der Waals surface area contributed by atoms with Crippen molar-refractivity contribution in [1.29, 1.82) is 0 Å². The van der Waals surface area contributed by atoms with Crippen molar-refractivity contribution in [2.45, 2.75) is 13.3 Å². The molecule has 0 amide bonds. The van der Waals surface area contributed by atoms with Crippen molar-refractivity contribution >= 4 is 46.8 Å². The van der Waals surface area contributed by atoms with Crippen LogP contribution in [-0.2, 0) is 6.42 Å². The van der Waals surface area contributed by atoms with Crippen molar-refractivity contribution in [3.8, 4) is 0 Å². The molecule has 0 atom stereocenters. The topological polar surface area (TPSA) is 15.6 Å². The van der Waals surface area contributed by atoms with E-state index >= 15 is 0 Å². The molecule has 0 aliphatic heterocycles. The minimum Gasteiger partial charge on any atom is -0.366 e. The van der Waals surface area contributed by atoms with E-state index in [1.54, 1.807) is 24.5 Å². The maximum atomic E-state index is 13.1. The zero-order valence-corrected chi connectivity index (χ0v) is 15.1. The van der Waals surface area contributed by atoms with Crippen LogP contribution in [0, 0.1) is 5.82 Å². The molecule has 122 valence electrons. The van der Waals surface area contributed by atoms with Gasteiger partial charge < -0.3 is 4.90 Å². The van der Waals surface area contributed by atoms with Gasteiger partial charge in [0, 0.05) is 30.1 Å². The molecule has 2 aromatic carbocycles. The van der Waals surface area contributed by atoms with Crippen LogP contribution in [0.1, 0.15) is 18.1 Å². The summed E-state index contributed by atoms with van der Waals surface area (Å²) >= 11 is 18.7. The fraction of sp³-hybridized carbons (Fsp3) is 0.235. The van der Waals surface area contributed by atoms with Gasteiger partial charge in [0.2, 0.25) is 0 Å². The van der Waals surface area contributed by atoms with Crippen molar-refractivity contribution in [3.63, 3.8) is 0 Å². The van der Waals surface area contributed by atoms with Crippen molar-refractivity contribution in [2.24, 2.45) is 4.99 Å². The summed E-state index contributed by atoms with van der Waals surface area (Å²) in [5, 5.41) is 1.41. The molecular formula is C17H16Cl3FN2. The summed E-state index contributed by atoms with van der Waals surface area (Å²) in [5.74, 6) is -0.368. The molecule has 0 saturated carbocycles. The SMILES string of the molecule is CCN(C)C=Nc1cc(Cl)c(Cc2ccc(F)cc2Cl)cc1Cl. The number of hydrogen-bond donors (Lipinski definition) is 0. The van der Waals surface area contributed by atoms with E-state index in [2.05, 4.69) is 4.99 Å². The van der Waals surface area contributed by atoms with Crippen molar-refractivity contribution in [3.05, 3.63) is 62.3 Å². The minimum atomic E-state index is -0.368. The number of aliphatic imine (C=N–C) groups is 1. The average molecular weight is 374 g/mol. The Morgan fingerprint density at radius 1 is 1.04 bits per heavy atom. The van der Waals surface area contributed by atoms with Crippen LogP contribution in [0.4, 0.5) is 10.1 Å². The highest BCUT2D eigenvalue weighted by atomic mass is 35.5. The summed E-state index contributed by atoms with van der Waals surface area (Å²) in [7, 11) is 1.92. The Balaban J connectivity index is 2.27. The minimum absolute atomic E-state index is 0.365. The third kappa shape index (κ3) is 4.84. The molecule has 0 radical (unpaired) electrons. The summed E-state index contributed by atoms with van der Waals surface area (Å²) in [6, 6.07) is 7.78. The summed E-state index contributed by atoms with van der Waals surface area (Å²) in [6.07, 6.45) is 2.17. The predicted octanol–water partition coefficient (Wildman–Crippen LogP) is 5.99. The first-order valence-corrected chi connectivity index (χ1v) is 8.20.